The first-order chi connectivity index (χ1) is 11.3. The summed E-state index contributed by atoms with van der Waals surface area (Å²) < 4.78 is 12.2. The SMILES string of the molecule is O=C(Oc1ccc(-c2nnco2)cc1)c1cn2ccccc2n1. The molecule has 0 spiro atoms. The van der Waals surface area contributed by atoms with Crippen molar-refractivity contribution in [2.24, 2.45) is 0 Å². The highest BCUT2D eigenvalue weighted by Crippen LogP contribution is 2.20. The van der Waals surface area contributed by atoms with Gasteiger partial charge < -0.3 is 13.6 Å². The van der Waals surface area contributed by atoms with Crippen LogP contribution in [0.25, 0.3) is 17.1 Å². The van der Waals surface area contributed by atoms with Crippen LogP contribution in [0.1, 0.15) is 10.5 Å². The Morgan fingerprint density at radius 3 is 2.74 bits per heavy atom. The lowest BCUT2D eigenvalue weighted by Gasteiger charge is -2.02. The molecule has 112 valence electrons. The average Bonchev–Trinajstić information content (AvgIpc) is 3.25. The first-order valence-electron chi connectivity index (χ1n) is 6.82. The van der Waals surface area contributed by atoms with Gasteiger partial charge in [-0.15, -0.1) is 10.2 Å². The Hall–Kier alpha value is -3.48. The molecule has 0 saturated heterocycles. The number of carbonyl (C=O) groups excluding carboxylic acids is 1. The fraction of sp³-hybridized carbons (Fsp3) is 0. The molecule has 0 radical (unpaired) electrons. The van der Waals surface area contributed by atoms with Crippen LogP contribution in [0.4, 0.5) is 0 Å². The van der Waals surface area contributed by atoms with Crippen molar-refractivity contribution in [3.8, 4) is 17.2 Å². The van der Waals surface area contributed by atoms with E-state index in [0.717, 1.165) is 5.56 Å². The van der Waals surface area contributed by atoms with E-state index in [1.54, 1.807) is 34.9 Å². The van der Waals surface area contributed by atoms with Crippen LogP contribution in [0.5, 0.6) is 5.75 Å². The number of imidazole rings is 1. The van der Waals surface area contributed by atoms with Gasteiger partial charge >= 0.3 is 5.97 Å². The van der Waals surface area contributed by atoms with E-state index in [-0.39, 0.29) is 5.69 Å². The summed E-state index contributed by atoms with van der Waals surface area (Å²) in [5.41, 5.74) is 1.68. The highest BCUT2D eigenvalue weighted by atomic mass is 16.5. The third kappa shape index (κ3) is 2.55. The lowest BCUT2D eigenvalue weighted by atomic mass is 10.2. The lowest BCUT2D eigenvalue weighted by Crippen LogP contribution is -2.08. The number of aromatic nitrogens is 4. The molecule has 0 aliphatic carbocycles. The van der Waals surface area contributed by atoms with Gasteiger partial charge in [0, 0.05) is 18.0 Å². The summed E-state index contributed by atoms with van der Waals surface area (Å²) in [6.45, 7) is 0. The summed E-state index contributed by atoms with van der Waals surface area (Å²) in [6.07, 6.45) is 4.70. The summed E-state index contributed by atoms with van der Waals surface area (Å²) >= 11 is 0. The molecule has 0 atom stereocenters. The molecule has 3 aromatic heterocycles. The average molecular weight is 306 g/mol. The van der Waals surface area contributed by atoms with Crippen molar-refractivity contribution in [2.75, 3.05) is 0 Å². The molecule has 0 fully saturated rings. The van der Waals surface area contributed by atoms with Crippen LogP contribution in [0.2, 0.25) is 0 Å². The van der Waals surface area contributed by atoms with Gasteiger partial charge in [-0.05, 0) is 36.4 Å². The second kappa shape index (κ2) is 5.38. The zero-order valence-electron chi connectivity index (χ0n) is 11.8. The third-order valence-corrected chi connectivity index (χ3v) is 3.24. The summed E-state index contributed by atoms with van der Waals surface area (Å²) in [7, 11) is 0. The van der Waals surface area contributed by atoms with Crippen LogP contribution in [0.3, 0.4) is 0 Å². The van der Waals surface area contributed by atoms with Gasteiger partial charge in [-0.1, -0.05) is 6.07 Å². The third-order valence-electron chi connectivity index (χ3n) is 3.24. The standard InChI is InChI=1S/C16H10N4O3/c21-16(13-9-20-8-2-1-3-14(20)18-13)23-12-6-4-11(5-7-12)15-19-17-10-22-15/h1-10H. The molecule has 0 bridgehead atoms. The molecule has 0 amide bonds. The van der Waals surface area contributed by atoms with Gasteiger partial charge in [0.1, 0.15) is 11.4 Å². The molecule has 0 saturated carbocycles. The molecule has 7 heteroatoms. The largest absolute Gasteiger partial charge is 0.423 e. The van der Waals surface area contributed by atoms with E-state index >= 15 is 0 Å². The minimum atomic E-state index is -0.515. The molecule has 1 aromatic carbocycles. The predicted octanol–water partition coefficient (Wildman–Crippen LogP) is 2.60. The fourth-order valence-electron chi connectivity index (χ4n) is 2.16. The summed E-state index contributed by atoms with van der Waals surface area (Å²) in [5, 5.41) is 7.43. The molecule has 7 nitrogen and oxygen atoms in total. The first-order valence-corrected chi connectivity index (χ1v) is 6.82. The quantitative estimate of drug-likeness (QED) is 0.427. The zero-order valence-corrected chi connectivity index (χ0v) is 11.8. The molecule has 0 N–H and O–H groups in total. The Morgan fingerprint density at radius 2 is 2.00 bits per heavy atom. The van der Waals surface area contributed by atoms with Gasteiger partial charge in [0.2, 0.25) is 12.3 Å². The molecular weight excluding hydrogens is 296 g/mol. The van der Waals surface area contributed by atoms with E-state index in [0.29, 0.717) is 17.3 Å². The molecule has 0 unspecified atom stereocenters. The number of rotatable bonds is 3. The minimum absolute atomic E-state index is 0.247. The highest BCUT2D eigenvalue weighted by Gasteiger charge is 2.13. The smallest absolute Gasteiger partial charge is 0.363 e. The number of nitrogens with zero attached hydrogens (tertiary/aromatic N) is 4. The van der Waals surface area contributed by atoms with Crippen LogP contribution >= 0.6 is 0 Å². The topological polar surface area (TPSA) is 82.5 Å². The number of pyridine rings is 1. The van der Waals surface area contributed by atoms with Gasteiger partial charge in [0.15, 0.2) is 5.69 Å². The number of hydrogen-bond acceptors (Lipinski definition) is 6. The van der Waals surface area contributed by atoms with Crippen molar-refractivity contribution >= 4 is 11.6 Å². The minimum Gasteiger partial charge on any atom is -0.423 e. The number of esters is 1. The molecule has 23 heavy (non-hydrogen) atoms. The summed E-state index contributed by atoms with van der Waals surface area (Å²) in [6, 6.07) is 12.3. The van der Waals surface area contributed by atoms with E-state index in [1.165, 1.54) is 6.39 Å². The van der Waals surface area contributed by atoms with Crippen LogP contribution in [-0.4, -0.2) is 25.6 Å². The van der Waals surface area contributed by atoms with Crippen LogP contribution < -0.4 is 4.74 Å². The van der Waals surface area contributed by atoms with Crippen molar-refractivity contribution in [1.29, 1.82) is 0 Å². The number of fused-ring (bicyclic) bond motifs is 1. The fourth-order valence-corrected chi connectivity index (χ4v) is 2.16. The normalized spacial score (nSPS) is 10.8. The van der Waals surface area contributed by atoms with Gasteiger partial charge in [-0.2, -0.15) is 0 Å². The Kier molecular flexibility index (Phi) is 3.09. The van der Waals surface area contributed by atoms with Crippen molar-refractivity contribution in [3.05, 3.63) is 66.9 Å². The maximum Gasteiger partial charge on any atom is 0.363 e. The van der Waals surface area contributed by atoms with E-state index in [9.17, 15) is 4.79 Å². The van der Waals surface area contributed by atoms with E-state index in [1.807, 2.05) is 24.4 Å². The Labute approximate surface area is 130 Å². The molecule has 0 aliphatic heterocycles. The molecule has 4 rings (SSSR count). The lowest BCUT2D eigenvalue weighted by molar-refractivity contribution is 0.0729. The first kappa shape index (κ1) is 13.2. The van der Waals surface area contributed by atoms with Gasteiger partial charge in [0.05, 0.1) is 0 Å². The number of carbonyl (C=O) groups is 1. The Bertz CT molecular complexity index is 926. The van der Waals surface area contributed by atoms with E-state index in [4.69, 9.17) is 9.15 Å². The van der Waals surface area contributed by atoms with Crippen molar-refractivity contribution < 1.29 is 13.9 Å². The van der Waals surface area contributed by atoms with E-state index < -0.39 is 5.97 Å². The molecular formula is C16H10N4O3. The molecule has 4 aromatic rings. The van der Waals surface area contributed by atoms with Crippen molar-refractivity contribution in [3.63, 3.8) is 0 Å². The second-order valence-corrected chi connectivity index (χ2v) is 4.75. The van der Waals surface area contributed by atoms with Crippen LogP contribution in [0.15, 0.2) is 65.7 Å². The summed E-state index contributed by atoms with van der Waals surface area (Å²) in [5.74, 6) is 0.304. The zero-order chi connectivity index (χ0) is 15.6. The van der Waals surface area contributed by atoms with Crippen LogP contribution in [-0.2, 0) is 0 Å². The maximum atomic E-state index is 12.2. The number of benzene rings is 1. The molecule has 0 aliphatic rings. The van der Waals surface area contributed by atoms with E-state index in [2.05, 4.69) is 15.2 Å². The Morgan fingerprint density at radius 1 is 1.13 bits per heavy atom. The maximum absolute atomic E-state index is 12.2. The van der Waals surface area contributed by atoms with Gasteiger partial charge in [0.25, 0.3) is 0 Å². The second-order valence-electron chi connectivity index (χ2n) is 4.75. The highest BCUT2D eigenvalue weighted by molar-refractivity contribution is 5.89. The van der Waals surface area contributed by atoms with Gasteiger partial charge in [-0.3, -0.25) is 0 Å². The monoisotopic (exact) mass is 306 g/mol. The van der Waals surface area contributed by atoms with Crippen LogP contribution in [0, 0.1) is 0 Å². The Balaban J connectivity index is 1.54. The van der Waals surface area contributed by atoms with Crippen molar-refractivity contribution in [2.45, 2.75) is 0 Å². The summed E-state index contributed by atoms with van der Waals surface area (Å²) in [4.78, 5) is 16.4. The predicted molar refractivity (Wildman–Crippen MR) is 79.9 cm³/mol. The van der Waals surface area contributed by atoms with Crippen molar-refractivity contribution in [1.82, 2.24) is 19.6 Å². The van der Waals surface area contributed by atoms with Gasteiger partial charge in [-0.25, -0.2) is 9.78 Å². The number of hydrogen-bond donors (Lipinski definition) is 0. The number of ether oxygens (including phenoxy) is 1. The molecule has 3 heterocycles.